The third-order valence-corrected chi connectivity index (χ3v) is 5.64. The molecular formula is C23H27N3O8. The van der Waals surface area contributed by atoms with Gasteiger partial charge in [0.25, 0.3) is 11.8 Å². The third-order valence-electron chi connectivity index (χ3n) is 5.64. The Hall–Kier alpha value is -3.47. The maximum Gasteiger partial charge on any atom is 0.410 e. The minimum atomic E-state index is -1.02. The van der Waals surface area contributed by atoms with Gasteiger partial charge >= 0.3 is 6.09 Å². The number of morpholine rings is 1. The Bertz CT molecular complexity index is 1050. The Balaban J connectivity index is 1.39. The highest BCUT2D eigenvalue weighted by Crippen LogP contribution is 2.30. The van der Waals surface area contributed by atoms with Crippen LogP contribution in [0.1, 0.15) is 54.3 Å². The average molecular weight is 473 g/mol. The minimum Gasteiger partial charge on any atom is -0.491 e. The summed E-state index contributed by atoms with van der Waals surface area (Å²) in [4.78, 5) is 64.1. The number of carbonyl (C=O) groups is 5. The van der Waals surface area contributed by atoms with Crippen molar-refractivity contribution in [2.45, 2.75) is 51.4 Å². The Morgan fingerprint density at radius 3 is 2.59 bits per heavy atom. The monoisotopic (exact) mass is 473 g/mol. The van der Waals surface area contributed by atoms with E-state index in [1.807, 2.05) is 0 Å². The SMILES string of the molecule is CC(C)(C)OC(=O)N1CCOC(COc2ccc3c(c2)C(=O)N(C2CCC(=O)NC2=O)C3=O)C1. The lowest BCUT2D eigenvalue weighted by Crippen LogP contribution is -2.54. The Morgan fingerprint density at radius 2 is 1.88 bits per heavy atom. The number of carbonyl (C=O) groups excluding carboxylic acids is 5. The summed E-state index contributed by atoms with van der Waals surface area (Å²) in [6.45, 7) is 6.56. The van der Waals surface area contributed by atoms with Crippen LogP contribution in [0, 0.1) is 0 Å². The Kier molecular flexibility index (Phi) is 6.30. The van der Waals surface area contributed by atoms with Gasteiger partial charge in [-0.1, -0.05) is 0 Å². The molecule has 3 aliphatic rings. The van der Waals surface area contributed by atoms with E-state index in [0.29, 0.717) is 25.4 Å². The number of rotatable bonds is 4. The van der Waals surface area contributed by atoms with E-state index in [9.17, 15) is 24.0 Å². The van der Waals surface area contributed by atoms with E-state index in [4.69, 9.17) is 14.2 Å². The Morgan fingerprint density at radius 1 is 1.15 bits per heavy atom. The van der Waals surface area contributed by atoms with Crippen LogP contribution in [-0.4, -0.2) is 83.6 Å². The first-order chi connectivity index (χ1) is 16.0. The van der Waals surface area contributed by atoms with Crippen LogP contribution in [-0.2, 0) is 19.1 Å². The summed E-state index contributed by atoms with van der Waals surface area (Å²) in [5.74, 6) is -1.92. The van der Waals surface area contributed by atoms with Crippen molar-refractivity contribution in [1.29, 1.82) is 0 Å². The van der Waals surface area contributed by atoms with E-state index in [2.05, 4.69) is 5.32 Å². The highest BCUT2D eigenvalue weighted by molar-refractivity contribution is 6.23. The normalized spacial score (nSPS) is 23.0. The van der Waals surface area contributed by atoms with Gasteiger partial charge in [0, 0.05) is 13.0 Å². The molecule has 182 valence electrons. The summed E-state index contributed by atoms with van der Waals surface area (Å²) in [5.41, 5.74) is -0.295. The molecule has 11 heteroatoms. The second-order valence-corrected chi connectivity index (χ2v) is 9.38. The largest absolute Gasteiger partial charge is 0.491 e. The molecule has 3 heterocycles. The van der Waals surface area contributed by atoms with Crippen LogP contribution in [0.4, 0.5) is 4.79 Å². The zero-order chi connectivity index (χ0) is 24.6. The summed E-state index contributed by atoms with van der Waals surface area (Å²) in [6.07, 6.45) is -0.671. The van der Waals surface area contributed by atoms with E-state index in [1.165, 1.54) is 12.1 Å². The molecule has 1 aromatic rings. The van der Waals surface area contributed by atoms with E-state index < -0.39 is 47.5 Å². The van der Waals surface area contributed by atoms with Gasteiger partial charge in [-0.2, -0.15) is 0 Å². The van der Waals surface area contributed by atoms with Crippen LogP contribution in [0.15, 0.2) is 18.2 Å². The molecule has 3 aliphatic heterocycles. The second kappa shape index (κ2) is 9.05. The van der Waals surface area contributed by atoms with Gasteiger partial charge in [0.1, 0.15) is 30.1 Å². The lowest BCUT2D eigenvalue weighted by Gasteiger charge is -2.34. The highest BCUT2D eigenvalue weighted by atomic mass is 16.6. The van der Waals surface area contributed by atoms with E-state index in [-0.39, 0.29) is 30.6 Å². The van der Waals surface area contributed by atoms with Crippen LogP contribution < -0.4 is 10.1 Å². The maximum atomic E-state index is 12.9. The van der Waals surface area contributed by atoms with Crippen LogP contribution in [0.3, 0.4) is 0 Å². The third kappa shape index (κ3) is 4.89. The van der Waals surface area contributed by atoms with Crippen molar-refractivity contribution < 1.29 is 38.2 Å². The fourth-order valence-electron chi connectivity index (χ4n) is 4.04. The number of ether oxygens (including phenoxy) is 3. The lowest BCUT2D eigenvalue weighted by molar-refractivity contribution is -0.136. The van der Waals surface area contributed by atoms with Crippen molar-refractivity contribution >= 4 is 29.7 Å². The number of benzene rings is 1. The number of imide groups is 2. The van der Waals surface area contributed by atoms with Crippen molar-refractivity contribution in [2.75, 3.05) is 26.3 Å². The number of piperidine rings is 1. The molecule has 2 saturated heterocycles. The molecule has 0 bridgehead atoms. The highest BCUT2D eigenvalue weighted by Gasteiger charge is 2.44. The van der Waals surface area contributed by atoms with Crippen molar-refractivity contribution in [2.24, 2.45) is 0 Å². The summed E-state index contributed by atoms with van der Waals surface area (Å²) in [6, 6.07) is 3.47. The van der Waals surface area contributed by atoms with Crippen LogP contribution >= 0.6 is 0 Å². The molecule has 0 saturated carbocycles. The minimum absolute atomic E-state index is 0.0554. The molecule has 5 amide bonds. The van der Waals surface area contributed by atoms with Gasteiger partial charge in [-0.3, -0.25) is 29.4 Å². The van der Waals surface area contributed by atoms with Gasteiger partial charge in [-0.05, 0) is 45.4 Å². The topological polar surface area (TPSA) is 132 Å². The number of hydrogen-bond acceptors (Lipinski definition) is 8. The molecule has 2 unspecified atom stereocenters. The number of amides is 5. The molecular weight excluding hydrogens is 446 g/mol. The first-order valence-corrected chi connectivity index (χ1v) is 11.1. The molecule has 2 fully saturated rings. The summed E-state index contributed by atoms with van der Waals surface area (Å²) >= 11 is 0. The quantitative estimate of drug-likeness (QED) is 0.643. The average Bonchev–Trinajstić information content (AvgIpc) is 3.01. The van der Waals surface area contributed by atoms with Gasteiger partial charge in [0.2, 0.25) is 11.8 Å². The molecule has 4 rings (SSSR count). The lowest BCUT2D eigenvalue weighted by atomic mass is 10.0. The van der Waals surface area contributed by atoms with Crippen molar-refractivity contribution in [1.82, 2.24) is 15.1 Å². The van der Waals surface area contributed by atoms with Gasteiger partial charge in [0.05, 0.1) is 24.3 Å². The Labute approximate surface area is 196 Å². The van der Waals surface area contributed by atoms with Gasteiger partial charge in [-0.25, -0.2) is 4.79 Å². The molecule has 0 aliphatic carbocycles. The van der Waals surface area contributed by atoms with E-state index >= 15 is 0 Å². The molecule has 0 spiro atoms. The summed E-state index contributed by atoms with van der Waals surface area (Å²) in [7, 11) is 0. The predicted molar refractivity (Wildman–Crippen MR) is 116 cm³/mol. The molecule has 0 radical (unpaired) electrons. The number of nitrogens with zero attached hydrogens (tertiary/aromatic N) is 2. The zero-order valence-electron chi connectivity index (χ0n) is 19.3. The number of hydrogen-bond donors (Lipinski definition) is 1. The van der Waals surface area contributed by atoms with Crippen molar-refractivity contribution in [3.8, 4) is 5.75 Å². The van der Waals surface area contributed by atoms with Crippen molar-refractivity contribution in [3.05, 3.63) is 29.3 Å². The van der Waals surface area contributed by atoms with Gasteiger partial charge in [-0.15, -0.1) is 0 Å². The van der Waals surface area contributed by atoms with Gasteiger partial charge < -0.3 is 19.1 Å². The van der Waals surface area contributed by atoms with E-state index in [1.54, 1.807) is 31.7 Å². The molecule has 2 atom stereocenters. The van der Waals surface area contributed by atoms with Gasteiger partial charge in [0.15, 0.2) is 0 Å². The molecule has 0 aromatic heterocycles. The fraction of sp³-hybridized carbons (Fsp3) is 0.522. The van der Waals surface area contributed by atoms with Crippen LogP contribution in [0.25, 0.3) is 0 Å². The van der Waals surface area contributed by atoms with E-state index in [0.717, 1.165) is 4.90 Å². The van der Waals surface area contributed by atoms with Crippen molar-refractivity contribution in [3.63, 3.8) is 0 Å². The molecule has 1 N–H and O–H groups in total. The number of fused-ring (bicyclic) bond motifs is 1. The smallest absolute Gasteiger partial charge is 0.410 e. The van der Waals surface area contributed by atoms with Crippen LogP contribution in [0.5, 0.6) is 5.75 Å². The first kappa shape index (κ1) is 23.7. The first-order valence-electron chi connectivity index (χ1n) is 11.1. The maximum absolute atomic E-state index is 12.9. The standard InChI is InChI=1S/C23H27N3O8/c1-23(2,3)34-22(31)25-8-9-32-14(11-25)12-33-13-4-5-15-16(10-13)21(30)26(20(15)29)17-6-7-18(27)24-19(17)28/h4-5,10,14,17H,6-9,11-12H2,1-3H3,(H,24,27,28). The molecule has 34 heavy (non-hydrogen) atoms. The predicted octanol–water partition coefficient (Wildman–Crippen LogP) is 1.10. The number of nitrogens with one attached hydrogen (secondary N) is 1. The zero-order valence-corrected chi connectivity index (χ0v) is 19.3. The van der Waals surface area contributed by atoms with Crippen LogP contribution in [0.2, 0.25) is 0 Å². The summed E-state index contributed by atoms with van der Waals surface area (Å²) < 4.78 is 16.9. The second-order valence-electron chi connectivity index (χ2n) is 9.38. The molecule has 1 aromatic carbocycles. The summed E-state index contributed by atoms with van der Waals surface area (Å²) in [5, 5.41) is 2.17. The fourth-order valence-corrected chi connectivity index (χ4v) is 4.04. The molecule has 11 nitrogen and oxygen atoms in total.